The molecule has 1 N–H and O–H groups in total. The number of rotatable bonds is 6. The van der Waals surface area contributed by atoms with E-state index in [2.05, 4.69) is 16.4 Å². The molecule has 0 bridgehead atoms. The lowest BCUT2D eigenvalue weighted by Gasteiger charge is -2.04. The average Bonchev–Trinajstić information content (AvgIpc) is 2.41. The molecule has 0 saturated carbocycles. The van der Waals surface area contributed by atoms with E-state index in [4.69, 9.17) is 5.26 Å². The summed E-state index contributed by atoms with van der Waals surface area (Å²) in [5, 5.41) is 11.6. The fourth-order valence-corrected chi connectivity index (χ4v) is 1.35. The first kappa shape index (κ1) is 14.5. The lowest BCUT2D eigenvalue weighted by molar-refractivity contribution is -0.109. The van der Waals surface area contributed by atoms with E-state index in [0.29, 0.717) is 24.2 Å². The second-order valence-corrected chi connectivity index (χ2v) is 4.03. The Morgan fingerprint density at radius 3 is 2.89 bits per heavy atom. The number of benzene rings is 1. The first-order valence-corrected chi connectivity index (χ1v) is 5.75. The van der Waals surface area contributed by atoms with E-state index < -0.39 is 0 Å². The van der Waals surface area contributed by atoms with Crippen LogP contribution in [0.5, 0.6) is 0 Å². The molecule has 0 heterocycles. The van der Waals surface area contributed by atoms with Gasteiger partial charge in [0.05, 0.1) is 17.6 Å². The zero-order valence-electron chi connectivity index (χ0n) is 11.0. The van der Waals surface area contributed by atoms with Gasteiger partial charge in [-0.25, -0.2) is 4.99 Å². The maximum Gasteiger partial charge on any atom is 0.207 e. The van der Waals surface area contributed by atoms with Crippen LogP contribution in [0, 0.1) is 11.3 Å². The molecule has 5 nitrogen and oxygen atoms in total. The summed E-state index contributed by atoms with van der Waals surface area (Å²) < 4.78 is 0. The Morgan fingerprint density at radius 2 is 2.26 bits per heavy atom. The Bertz CT molecular complexity index is 527. The van der Waals surface area contributed by atoms with Crippen LogP contribution < -0.4 is 5.32 Å². The molecule has 0 aliphatic rings. The Morgan fingerprint density at radius 1 is 1.47 bits per heavy atom. The zero-order chi connectivity index (χ0) is 14.1. The molecule has 0 aromatic heterocycles. The summed E-state index contributed by atoms with van der Waals surface area (Å²) in [5.74, 6) is 0. The molecule has 0 radical (unpaired) electrons. The molecule has 0 saturated heterocycles. The van der Waals surface area contributed by atoms with Gasteiger partial charge in [-0.1, -0.05) is 18.2 Å². The zero-order valence-corrected chi connectivity index (χ0v) is 11.0. The number of carbonyl (C=O) groups excluding carboxylic acids is 1. The van der Waals surface area contributed by atoms with Crippen molar-refractivity contribution in [1.82, 2.24) is 10.2 Å². The average molecular weight is 256 g/mol. The van der Waals surface area contributed by atoms with E-state index in [1.807, 2.05) is 32.3 Å². The standard InChI is InChI=1S/C14H16N4O/c1-18(2)10-17-14-6-5-12(8-13(14)9-15)4-3-7-16-11-19/h3-6,8,10-11H,7H2,1-2H3,(H,16,19). The molecular formula is C14H16N4O. The highest BCUT2D eigenvalue weighted by Gasteiger charge is 2.00. The lowest BCUT2D eigenvalue weighted by Crippen LogP contribution is -2.09. The summed E-state index contributed by atoms with van der Waals surface area (Å²) in [5.41, 5.74) is 2.05. The monoisotopic (exact) mass is 256 g/mol. The van der Waals surface area contributed by atoms with E-state index in [1.54, 1.807) is 23.4 Å². The third kappa shape index (κ3) is 5.04. The minimum Gasteiger partial charge on any atom is -0.369 e. The number of nitrogens with zero attached hydrogens (tertiary/aromatic N) is 3. The van der Waals surface area contributed by atoms with E-state index >= 15 is 0 Å². The SMILES string of the molecule is CN(C)C=Nc1ccc(C=CCNC=O)cc1C#N. The predicted molar refractivity (Wildman–Crippen MR) is 76.1 cm³/mol. The van der Waals surface area contributed by atoms with Crippen molar-refractivity contribution in [3.63, 3.8) is 0 Å². The highest BCUT2D eigenvalue weighted by molar-refractivity contribution is 5.67. The molecule has 0 aliphatic carbocycles. The van der Waals surface area contributed by atoms with Gasteiger partial charge in [-0.2, -0.15) is 5.26 Å². The van der Waals surface area contributed by atoms with E-state index in [1.165, 1.54) is 0 Å². The molecular weight excluding hydrogens is 240 g/mol. The number of nitriles is 1. The van der Waals surface area contributed by atoms with Crippen LogP contribution in [0.1, 0.15) is 11.1 Å². The second-order valence-electron chi connectivity index (χ2n) is 4.03. The minimum absolute atomic E-state index is 0.464. The highest BCUT2D eigenvalue weighted by Crippen LogP contribution is 2.20. The quantitative estimate of drug-likeness (QED) is 0.363. The number of amides is 1. The molecule has 1 aromatic rings. The van der Waals surface area contributed by atoms with Crippen molar-refractivity contribution >= 4 is 24.5 Å². The fraction of sp³-hybridized carbons (Fsp3) is 0.214. The largest absolute Gasteiger partial charge is 0.369 e. The van der Waals surface area contributed by atoms with Crippen LogP contribution in [0.25, 0.3) is 6.08 Å². The molecule has 1 aromatic carbocycles. The first-order valence-electron chi connectivity index (χ1n) is 5.75. The Balaban J connectivity index is 2.87. The number of hydrogen-bond acceptors (Lipinski definition) is 3. The highest BCUT2D eigenvalue weighted by atomic mass is 16.1. The van der Waals surface area contributed by atoms with Gasteiger partial charge in [-0.15, -0.1) is 0 Å². The van der Waals surface area contributed by atoms with Crippen molar-refractivity contribution < 1.29 is 4.79 Å². The number of nitrogens with one attached hydrogen (secondary N) is 1. The summed E-state index contributed by atoms with van der Waals surface area (Å²) in [6.07, 6.45) is 5.95. The van der Waals surface area contributed by atoms with Crippen molar-refractivity contribution in [2.45, 2.75) is 0 Å². The van der Waals surface area contributed by atoms with Gasteiger partial charge in [0.25, 0.3) is 0 Å². The third-order valence-electron chi connectivity index (χ3n) is 2.20. The Hall–Kier alpha value is -2.61. The van der Waals surface area contributed by atoms with Crippen LogP contribution >= 0.6 is 0 Å². The Kier molecular flexibility index (Phi) is 5.83. The summed E-state index contributed by atoms with van der Waals surface area (Å²) in [6, 6.07) is 7.56. The van der Waals surface area contributed by atoms with Gasteiger partial charge in [-0.05, 0) is 17.7 Å². The maximum absolute atomic E-state index is 10.1. The summed E-state index contributed by atoms with van der Waals surface area (Å²) in [7, 11) is 3.74. The van der Waals surface area contributed by atoms with Crippen LogP contribution in [0.4, 0.5) is 5.69 Å². The number of hydrogen-bond donors (Lipinski definition) is 1. The van der Waals surface area contributed by atoms with Gasteiger partial charge in [0.1, 0.15) is 6.07 Å². The molecule has 0 aliphatic heterocycles. The van der Waals surface area contributed by atoms with E-state index in [0.717, 1.165) is 5.56 Å². The van der Waals surface area contributed by atoms with Crippen LogP contribution in [0.3, 0.4) is 0 Å². The van der Waals surface area contributed by atoms with Gasteiger partial charge in [0.2, 0.25) is 6.41 Å². The van der Waals surface area contributed by atoms with Crippen molar-refractivity contribution in [3.05, 3.63) is 35.4 Å². The topological polar surface area (TPSA) is 68.5 Å². The smallest absolute Gasteiger partial charge is 0.207 e. The van der Waals surface area contributed by atoms with Gasteiger partial charge in [0.15, 0.2) is 0 Å². The van der Waals surface area contributed by atoms with Crippen LogP contribution in [-0.2, 0) is 4.79 Å². The second kappa shape index (κ2) is 7.67. The maximum atomic E-state index is 10.1. The van der Waals surface area contributed by atoms with E-state index in [-0.39, 0.29) is 0 Å². The van der Waals surface area contributed by atoms with Crippen molar-refractivity contribution in [2.75, 3.05) is 20.6 Å². The summed E-state index contributed by atoms with van der Waals surface area (Å²) in [6.45, 7) is 0.464. The molecule has 0 spiro atoms. The van der Waals surface area contributed by atoms with Crippen LogP contribution in [0.2, 0.25) is 0 Å². The number of aliphatic imine (C=N–C) groups is 1. The molecule has 0 atom stereocenters. The van der Waals surface area contributed by atoms with Crippen molar-refractivity contribution in [2.24, 2.45) is 4.99 Å². The van der Waals surface area contributed by atoms with Crippen LogP contribution in [0.15, 0.2) is 29.3 Å². The Labute approximate surface area is 112 Å². The van der Waals surface area contributed by atoms with Crippen LogP contribution in [-0.4, -0.2) is 38.3 Å². The molecule has 0 unspecified atom stereocenters. The molecule has 19 heavy (non-hydrogen) atoms. The van der Waals surface area contributed by atoms with Gasteiger partial charge in [0, 0.05) is 20.6 Å². The van der Waals surface area contributed by atoms with Crippen molar-refractivity contribution in [3.8, 4) is 6.07 Å². The summed E-state index contributed by atoms with van der Waals surface area (Å²) >= 11 is 0. The normalized spacial score (nSPS) is 10.6. The van der Waals surface area contributed by atoms with Crippen molar-refractivity contribution in [1.29, 1.82) is 5.26 Å². The first-order chi connectivity index (χ1) is 9.17. The fourth-order valence-electron chi connectivity index (χ4n) is 1.35. The molecule has 5 heteroatoms. The lowest BCUT2D eigenvalue weighted by atomic mass is 10.1. The molecule has 98 valence electrons. The molecule has 1 amide bonds. The summed E-state index contributed by atoms with van der Waals surface area (Å²) in [4.78, 5) is 16.1. The molecule has 1 rings (SSSR count). The number of carbonyl (C=O) groups is 1. The van der Waals surface area contributed by atoms with E-state index in [9.17, 15) is 4.79 Å². The predicted octanol–water partition coefficient (Wildman–Crippen LogP) is 1.54. The van der Waals surface area contributed by atoms with Gasteiger partial charge >= 0.3 is 0 Å². The minimum atomic E-state index is 0.464. The third-order valence-corrected chi connectivity index (χ3v) is 2.20. The van der Waals surface area contributed by atoms with Gasteiger partial charge in [-0.3, -0.25) is 4.79 Å². The van der Waals surface area contributed by atoms with Gasteiger partial charge < -0.3 is 10.2 Å². The molecule has 0 fully saturated rings.